The van der Waals surface area contributed by atoms with Crippen LogP contribution in [0.5, 0.6) is 11.5 Å². The van der Waals surface area contributed by atoms with E-state index < -0.39 is 0 Å². The van der Waals surface area contributed by atoms with Crippen LogP contribution in [0.4, 0.5) is 0 Å². The summed E-state index contributed by atoms with van der Waals surface area (Å²) in [5.74, 6) is 1.10. The summed E-state index contributed by atoms with van der Waals surface area (Å²) in [5.41, 5.74) is 0. The molecule has 0 aliphatic rings. The molecule has 0 unspecified atom stereocenters. The maximum absolute atomic E-state index is 9.76. The third-order valence-electron chi connectivity index (χ3n) is 2.77. The van der Waals surface area contributed by atoms with E-state index >= 15 is 0 Å². The molecular formula is C15H11ClO2S. The van der Waals surface area contributed by atoms with Gasteiger partial charge in [0.1, 0.15) is 18.1 Å². The fourth-order valence-corrected chi connectivity index (χ4v) is 2.97. The smallest absolute Gasteiger partial charge is 0.133 e. The van der Waals surface area contributed by atoms with E-state index in [-0.39, 0.29) is 0 Å². The predicted octanol–water partition coefficient (Wildman–Crippen LogP) is 4.84. The number of hydrogen-bond acceptors (Lipinski definition) is 3. The Balaban J connectivity index is 1.78. The number of rotatable bonds is 3. The lowest BCUT2D eigenvalue weighted by Gasteiger charge is -2.03. The quantitative estimate of drug-likeness (QED) is 0.748. The van der Waals surface area contributed by atoms with Crippen molar-refractivity contribution >= 4 is 33.0 Å². The van der Waals surface area contributed by atoms with Crippen LogP contribution in [0.25, 0.3) is 10.1 Å². The highest BCUT2D eigenvalue weighted by atomic mass is 35.5. The van der Waals surface area contributed by atoms with E-state index in [1.54, 1.807) is 29.5 Å². The summed E-state index contributed by atoms with van der Waals surface area (Å²) in [6.45, 7) is 0.487. The summed E-state index contributed by atoms with van der Waals surface area (Å²) in [4.78, 5) is 1.08. The van der Waals surface area contributed by atoms with Gasteiger partial charge in [-0.25, -0.2) is 0 Å². The van der Waals surface area contributed by atoms with Gasteiger partial charge < -0.3 is 9.84 Å². The minimum atomic E-state index is 0.320. The van der Waals surface area contributed by atoms with Gasteiger partial charge >= 0.3 is 0 Å². The summed E-state index contributed by atoms with van der Waals surface area (Å²) in [5, 5.41) is 11.5. The molecule has 96 valence electrons. The fourth-order valence-electron chi connectivity index (χ4n) is 1.86. The number of hydrogen-bond donors (Lipinski definition) is 1. The van der Waals surface area contributed by atoms with Crippen LogP contribution >= 0.6 is 22.9 Å². The summed E-state index contributed by atoms with van der Waals surface area (Å²) in [7, 11) is 0. The minimum absolute atomic E-state index is 0.320. The van der Waals surface area contributed by atoms with E-state index in [1.165, 1.54) is 0 Å². The molecule has 4 heteroatoms. The number of benzene rings is 2. The fraction of sp³-hybridized carbons (Fsp3) is 0.0667. The first kappa shape index (κ1) is 12.3. The zero-order valence-electron chi connectivity index (χ0n) is 9.97. The number of fused-ring (bicyclic) bond motifs is 1. The molecule has 1 heterocycles. The normalized spacial score (nSPS) is 10.8. The van der Waals surface area contributed by atoms with Crippen LogP contribution in [0.3, 0.4) is 0 Å². The molecule has 0 aliphatic heterocycles. The van der Waals surface area contributed by atoms with Gasteiger partial charge in [-0.3, -0.25) is 0 Å². The SMILES string of the molecule is Oc1cccc2cc(COc3ccc(Cl)cc3)sc12. The standard InChI is InChI=1S/C15H11ClO2S/c16-11-4-6-12(7-5-11)18-9-13-8-10-2-1-3-14(17)15(10)19-13/h1-8,17H,9H2. The van der Waals surface area contributed by atoms with Gasteiger partial charge in [-0.2, -0.15) is 0 Å². The molecule has 0 fully saturated rings. The summed E-state index contributed by atoms with van der Waals surface area (Å²) in [6.07, 6.45) is 0. The van der Waals surface area contributed by atoms with Crippen molar-refractivity contribution in [1.29, 1.82) is 0 Å². The molecule has 0 spiro atoms. The Bertz CT molecular complexity index is 704. The molecule has 0 radical (unpaired) electrons. The third-order valence-corrected chi connectivity index (χ3v) is 4.17. The van der Waals surface area contributed by atoms with E-state index in [2.05, 4.69) is 0 Å². The van der Waals surface area contributed by atoms with Gasteiger partial charge in [-0.15, -0.1) is 11.3 Å². The molecule has 3 rings (SSSR count). The zero-order valence-corrected chi connectivity index (χ0v) is 11.5. The van der Waals surface area contributed by atoms with Crippen LogP contribution in [0, 0.1) is 0 Å². The highest BCUT2D eigenvalue weighted by Gasteiger charge is 2.06. The van der Waals surface area contributed by atoms with Crippen molar-refractivity contribution in [2.45, 2.75) is 6.61 Å². The summed E-state index contributed by atoms with van der Waals surface area (Å²) < 4.78 is 6.59. The van der Waals surface area contributed by atoms with Crippen LogP contribution in [-0.4, -0.2) is 5.11 Å². The molecular weight excluding hydrogens is 280 g/mol. The predicted molar refractivity (Wildman–Crippen MR) is 79.3 cm³/mol. The Morgan fingerprint density at radius 2 is 1.89 bits per heavy atom. The molecule has 0 bridgehead atoms. The Morgan fingerprint density at radius 3 is 2.63 bits per heavy atom. The van der Waals surface area contributed by atoms with E-state index in [0.29, 0.717) is 17.4 Å². The summed E-state index contributed by atoms with van der Waals surface area (Å²) >= 11 is 7.36. The Hall–Kier alpha value is -1.71. The number of halogens is 1. The van der Waals surface area contributed by atoms with Crippen LogP contribution in [-0.2, 0) is 6.61 Å². The number of phenolic OH excluding ortho intramolecular Hbond substituents is 1. The van der Waals surface area contributed by atoms with Crippen molar-refractivity contribution < 1.29 is 9.84 Å². The van der Waals surface area contributed by atoms with Gasteiger partial charge in [0.2, 0.25) is 0 Å². The zero-order chi connectivity index (χ0) is 13.2. The first-order chi connectivity index (χ1) is 9.22. The molecule has 3 aromatic rings. The second kappa shape index (κ2) is 5.11. The van der Waals surface area contributed by atoms with Gasteiger partial charge in [0.15, 0.2) is 0 Å². The minimum Gasteiger partial charge on any atom is -0.506 e. The highest BCUT2D eigenvalue weighted by molar-refractivity contribution is 7.19. The highest BCUT2D eigenvalue weighted by Crippen LogP contribution is 2.33. The lowest BCUT2D eigenvalue weighted by molar-refractivity contribution is 0.310. The van der Waals surface area contributed by atoms with Crippen molar-refractivity contribution in [2.24, 2.45) is 0 Å². The molecule has 2 aromatic carbocycles. The second-order valence-corrected chi connectivity index (χ2v) is 5.72. The van der Waals surface area contributed by atoms with Crippen LogP contribution in [0.2, 0.25) is 5.02 Å². The molecule has 0 amide bonds. The molecule has 0 saturated heterocycles. The molecule has 1 aromatic heterocycles. The first-order valence-electron chi connectivity index (χ1n) is 5.81. The van der Waals surface area contributed by atoms with E-state index in [9.17, 15) is 5.11 Å². The molecule has 1 N–H and O–H groups in total. The maximum atomic E-state index is 9.76. The lowest BCUT2D eigenvalue weighted by Crippen LogP contribution is -1.91. The van der Waals surface area contributed by atoms with Crippen molar-refractivity contribution in [3.05, 3.63) is 58.4 Å². The van der Waals surface area contributed by atoms with Crippen molar-refractivity contribution in [1.82, 2.24) is 0 Å². The average Bonchev–Trinajstić information content (AvgIpc) is 2.83. The molecule has 0 atom stereocenters. The number of phenols is 1. The van der Waals surface area contributed by atoms with E-state index in [4.69, 9.17) is 16.3 Å². The molecule has 19 heavy (non-hydrogen) atoms. The van der Waals surface area contributed by atoms with Crippen molar-refractivity contribution in [2.75, 3.05) is 0 Å². The third kappa shape index (κ3) is 2.67. The lowest BCUT2D eigenvalue weighted by atomic mass is 10.2. The summed E-state index contributed by atoms with van der Waals surface area (Å²) in [6, 6.07) is 14.8. The van der Waals surface area contributed by atoms with Crippen molar-refractivity contribution in [3.8, 4) is 11.5 Å². The van der Waals surface area contributed by atoms with E-state index in [1.807, 2.05) is 30.3 Å². The van der Waals surface area contributed by atoms with Crippen molar-refractivity contribution in [3.63, 3.8) is 0 Å². The topological polar surface area (TPSA) is 29.5 Å². The molecule has 0 saturated carbocycles. The van der Waals surface area contributed by atoms with Gasteiger partial charge in [0.05, 0.1) is 4.70 Å². The molecule has 2 nitrogen and oxygen atoms in total. The average molecular weight is 291 g/mol. The first-order valence-corrected chi connectivity index (χ1v) is 7.00. The van der Waals surface area contributed by atoms with Gasteiger partial charge in [0.25, 0.3) is 0 Å². The van der Waals surface area contributed by atoms with Crippen LogP contribution < -0.4 is 4.74 Å². The van der Waals surface area contributed by atoms with Crippen LogP contribution in [0.15, 0.2) is 48.5 Å². The number of ether oxygens (including phenoxy) is 1. The van der Waals surface area contributed by atoms with Gasteiger partial charge in [-0.05, 0) is 41.8 Å². The van der Waals surface area contributed by atoms with Crippen LogP contribution in [0.1, 0.15) is 4.88 Å². The number of thiophene rings is 1. The Kier molecular flexibility index (Phi) is 3.32. The van der Waals surface area contributed by atoms with E-state index in [0.717, 1.165) is 20.7 Å². The largest absolute Gasteiger partial charge is 0.506 e. The Morgan fingerprint density at radius 1 is 1.11 bits per heavy atom. The second-order valence-electron chi connectivity index (χ2n) is 4.15. The maximum Gasteiger partial charge on any atom is 0.133 e. The monoisotopic (exact) mass is 290 g/mol. The van der Waals surface area contributed by atoms with Gasteiger partial charge in [0, 0.05) is 9.90 Å². The molecule has 0 aliphatic carbocycles. The van der Waals surface area contributed by atoms with Gasteiger partial charge in [-0.1, -0.05) is 23.7 Å². The Labute approximate surface area is 119 Å². The number of aromatic hydroxyl groups is 1.